The largest absolute Gasteiger partial charge is 0.489 e. The smallest absolute Gasteiger partial charge is 0.238 e. The van der Waals surface area contributed by atoms with Gasteiger partial charge in [-0.3, -0.25) is 9.69 Å². The van der Waals surface area contributed by atoms with Crippen molar-refractivity contribution < 1.29 is 17.9 Å². The molecule has 1 atom stereocenters. The highest BCUT2D eigenvalue weighted by Crippen LogP contribution is 2.25. The number of ether oxygens (including phenoxy) is 1. The monoisotopic (exact) mass is 354 g/mol. The molecule has 1 N–H and O–H groups in total. The van der Waals surface area contributed by atoms with Crippen molar-refractivity contribution in [2.75, 3.05) is 29.9 Å². The standard InChI is InChI=1S/C17H26N2O4S/c1-4-19(14-9-10-24(21,22)12-14)11-17(20)18-15-7-5-6-8-16(15)23-13(2)3/h5-8,13-14H,4,9-12H2,1-3H3,(H,18,20). The summed E-state index contributed by atoms with van der Waals surface area (Å²) in [6, 6.07) is 7.23. The van der Waals surface area contributed by atoms with Crippen molar-refractivity contribution >= 4 is 21.4 Å². The van der Waals surface area contributed by atoms with E-state index in [0.29, 0.717) is 24.4 Å². The molecule has 1 aliphatic heterocycles. The molecule has 1 unspecified atom stereocenters. The molecule has 0 saturated carbocycles. The van der Waals surface area contributed by atoms with Gasteiger partial charge < -0.3 is 10.1 Å². The van der Waals surface area contributed by atoms with Gasteiger partial charge in [0.1, 0.15) is 5.75 Å². The van der Waals surface area contributed by atoms with Crippen LogP contribution in [0.4, 0.5) is 5.69 Å². The van der Waals surface area contributed by atoms with E-state index in [4.69, 9.17) is 4.74 Å². The van der Waals surface area contributed by atoms with Gasteiger partial charge in [-0.05, 0) is 38.9 Å². The summed E-state index contributed by atoms with van der Waals surface area (Å²) >= 11 is 0. The lowest BCUT2D eigenvalue weighted by Gasteiger charge is -2.26. The van der Waals surface area contributed by atoms with Crippen LogP contribution in [0.25, 0.3) is 0 Å². The molecule has 1 heterocycles. The van der Waals surface area contributed by atoms with Gasteiger partial charge in [-0.25, -0.2) is 8.42 Å². The molecule has 1 fully saturated rings. The van der Waals surface area contributed by atoms with Crippen molar-refractivity contribution in [1.82, 2.24) is 4.90 Å². The molecule has 2 rings (SSSR count). The summed E-state index contributed by atoms with van der Waals surface area (Å²) in [4.78, 5) is 14.3. The number of benzene rings is 1. The van der Waals surface area contributed by atoms with Gasteiger partial charge >= 0.3 is 0 Å². The number of carbonyl (C=O) groups excluding carboxylic acids is 1. The zero-order valence-electron chi connectivity index (χ0n) is 14.5. The Labute approximate surface area is 144 Å². The Balaban J connectivity index is 2.00. The maximum absolute atomic E-state index is 12.4. The van der Waals surface area contributed by atoms with Gasteiger partial charge in [-0.2, -0.15) is 0 Å². The third-order valence-corrected chi connectivity index (χ3v) is 5.75. The van der Waals surface area contributed by atoms with Crippen LogP contribution in [0.3, 0.4) is 0 Å². The predicted octanol–water partition coefficient (Wildman–Crippen LogP) is 1.92. The van der Waals surface area contributed by atoms with Gasteiger partial charge in [0.2, 0.25) is 5.91 Å². The minimum atomic E-state index is -2.96. The van der Waals surface area contributed by atoms with Crippen molar-refractivity contribution in [2.45, 2.75) is 39.3 Å². The molecule has 6 nitrogen and oxygen atoms in total. The normalized spacial score (nSPS) is 19.6. The van der Waals surface area contributed by atoms with Crippen molar-refractivity contribution in [3.63, 3.8) is 0 Å². The first-order chi connectivity index (χ1) is 11.3. The maximum atomic E-state index is 12.4. The molecule has 24 heavy (non-hydrogen) atoms. The fourth-order valence-corrected chi connectivity index (χ4v) is 4.62. The van der Waals surface area contributed by atoms with E-state index in [1.54, 1.807) is 6.07 Å². The molecule has 1 aromatic carbocycles. The number of rotatable bonds is 7. The van der Waals surface area contributed by atoms with E-state index in [9.17, 15) is 13.2 Å². The number of hydrogen-bond acceptors (Lipinski definition) is 5. The topological polar surface area (TPSA) is 75.7 Å². The first kappa shape index (κ1) is 18.7. The number of sulfone groups is 1. The van der Waals surface area contributed by atoms with E-state index < -0.39 is 9.84 Å². The summed E-state index contributed by atoms with van der Waals surface area (Å²) in [5.74, 6) is 0.815. The van der Waals surface area contributed by atoms with Crippen molar-refractivity contribution in [2.24, 2.45) is 0 Å². The SMILES string of the molecule is CCN(CC(=O)Nc1ccccc1OC(C)C)C1CCS(=O)(=O)C1. The van der Waals surface area contributed by atoms with Crippen LogP contribution < -0.4 is 10.1 Å². The van der Waals surface area contributed by atoms with Gasteiger partial charge in [-0.15, -0.1) is 0 Å². The van der Waals surface area contributed by atoms with Crippen molar-refractivity contribution in [1.29, 1.82) is 0 Å². The van der Waals surface area contributed by atoms with Gasteiger partial charge in [0.25, 0.3) is 0 Å². The number of nitrogens with one attached hydrogen (secondary N) is 1. The molecule has 7 heteroatoms. The molecular weight excluding hydrogens is 328 g/mol. The lowest BCUT2D eigenvalue weighted by atomic mass is 10.2. The summed E-state index contributed by atoms with van der Waals surface area (Å²) in [7, 11) is -2.96. The average molecular weight is 354 g/mol. The molecule has 0 bridgehead atoms. The Morgan fingerprint density at radius 3 is 2.67 bits per heavy atom. The molecular formula is C17H26N2O4S. The molecule has 1 amide bonds. The highest BCUT2D eigenvalue weighted by molar-refractivity contribution is 7.91. The Morgan fingerprint density at radius 2 is 2.08 bits per heavy atom. The molecule has 1 aromatic rings. The lowest BCUT2D eigenvalue weighted by Crippen LogP contribution is -2.41. The average Bonchev–Trinajstić information content (AvgIpc) is 2.86. The van der Waals surface area contributed by atoms with Crippen LogP contribution in [0.1, 0.15) is 27.2 Å². The minimum Gasteiger partial charge on any atom is -0.489 e. The maximum Gasteiger partial charge on any atom is 0.238 e. The number of para-hydroxylation sites is 2. The van der Waals surface area contributed by atoms with Gasteiger partial charge in [0.05, 0.1) is 29.8 Å². The zero-order valence-corrected chi connectivity index (χ0v) is 15.3. The predicted molar refractivity (Wildman–Crippen MR) is 95.1 cm³/mol. The molecule has 0 spiro atoms. The molecule has 1 saturated heterocycles. The summed E-state index contributed by atoms with van der Waals surface area (Å²) in [5.41, 5.74) is 0.631. The first-order valence-corrected chi connectivity index (χ1v) is 10.1. The molecule has 0 radical (unpaired) electrons. The third-order valence-electron chi connectivity index (χ3n) is 4.00. The number of carbonyl (C=O) groups is 1. The van der Waals surface area contributed by atoms with E-state index in [2.05, 4.69) is 5.32 Å². The summed E-state index contributed by atoms with van der Waals surface area (Å²) in [5, 5.41) is 2.87. The van der Waals surface area contributed by atoms with Crippen LogP contribution in [0.5, 0.6) is 5.75 Å². The molecule has 1 aliphatic rings. The number of hydrogen-bond donors (Lipinski definition) is 1. The fourth-order valence-electron chi connectivity index (χ4n) is 2.86. The quantitative estimate of drug-likeness (QED) is 0.810. The molecule has 0 aromatic heterocycles. The van der Waals surface area contributed by atoms with Crippen LogP contribution in [-0.4, -0.2) is 56.0 Å². The van der Waals surface area contributed by atoms with Gasteiger partial charge in [-0.1, -0.05) is 19.1 Å². The Kier molecular flexibility index (Phi) is 6.23. The zero-order chi connectivity index (χ0) is 17.7. The minimum absolute atomic E-state index is 0.0129. The molecule has 0 aliphatic carbocycles. The van der Waals surface area contributed by atoms with Crippen LogP contribution in [0.2, 0.25) is 0 Å². The Bertz CT molecular complexity index is 673. The Morgan fingerprint density at radius 1 is 1.38 bits per heavy atom. The van der Waals surface area contributed by atoms with Crippen LogP contribution in [-0.2, 0) is 14.6 Å². The fraction of sp³-hybridized carbons (Fsp3) is 0.588. The summed E-state index contributed by atoms with van der Waals surface area (Å²) < 4.78 is 29.0. The van der Waals surface area contributed by atoms with Crippen molar-refractivity contribution in [3.05, 3.63) is 24.3 Å². The lowest BCUT2D eigenvalue weighted by molar-refractivity contribution is -0.117. The number of nitrogens with zero attached hydrogens (tertiary/aromatic N) is 1. The first-order valence-electron chi connectivity index (χ1n) is 8.30. The number of amides is 1. The van der Waals surface area contributed by atoms with Crippen LogP contribution in [0.15, 0.2) is 24.3 Å². The second kappa shape index (κ2) is 7.98. The van der Waals surface area contributed by atoms with E-state index >= 15 is 0 Å². The van der Waals surface area contributed by atoms with Gasteiger partial charge in [0, 0.05) is 6.04 Å². The Hall–Kier alpha value is -1.60. The van der Waals surface area contributed by atoms with Crippen molar-refractivity contribution in [3.8, 4) is 5.75 Å². The van der Waals surface area contributed by atoms with Crippen LogP contribution in [0, 0.1) is 0 Å². The van der Waals surface area contributed by atoms with E-state index in [1.807, 2.05) is 43.9 Å². The van der Waals surface area contributed by atoms with Crippen LogP contribution >= 0.6 is 0 Å². The number of anilines is 1. The van der Waals surface area contributed by atoms with E-state index in [0.717, 1.165) is 0 Å². The summed E-state index contributed by atoms with van der Waals surface area (Å²) in [6.07, 6.45) is 0.607. The second-order valence-corrected chi connectivity index (χ2v) is 8.56. The van der Waals surface area contributed by atoms with Gasteiger partial charge in [0.15, 0.2) is 9.84 Å². The second-order valence-electron chi connectivity index (χ2n) is 6.33. The summed E-state index contributed by atoms with van der Waals surface area (Å²) in [6.45, 7) is 6.61. The van der Waals surface area contributed by atoms with E-state index in [1.165, 1.54) is 0 Å². The highest BCUT2D eigenvalue weighted by Gasteiger charge is 2.32. The molecule has 134 valence electrons. The van der Waals surface area contributed by atoms with E-state index in [-0.39, 0.29) is 36.1 Å². The number of likely N-dealkylation sites (N-methyl/N-ethyl adjacent to an activating group) is 1. The third kappa shape index (κ3) is 5.21. The highest BCUT2D eigenvalue weighted by atomic mass is 32.2.